The second kappa shape index (κ2) is 10.2. The highest BCUT2D eigenvalue weighted by atomic mass is 16.6. The van der Waals surface area contributed by atoms with Gasteiger partial charge in [-0.25, -0.2) is 4.79 Å². The van der Waals surface area contributed by atoms with Crippen LogP contribution in [0.4, 0.5) is 11.4 Å². The zero-order valence-electron chi connectivity index (χ0n) is 20.2. The van der Waals surface area contributed by atoms with Crippen molar-refractivity contribution in [3.63, 3.8) is 0 Å². The Hall–Kier alpha value is -3.88. The van der Waals surface area contributed by atoms with Crippen molar-refractivity contribution in [2.75, 3.05) is 24.6 Å². The zero-order valence-corrected chi connectivity index (χ0v) is 20.2. The molecule has 1 atom stereocenters. The molecule has 3 heterocycles. The average Bonchev–Trinajstić information content (AvgIpc) is 3.45. The summed E-state index contributed by atoms with van der Waals surface area (Å²) in [7, 11) is 0. The number of ether oxygens (including phenoxy) is 1. The predicted molar refractivity (Wildman–Crippen MR) is 130 cm³/mol. The summed E-state index contributed by atoms with van der Waals surface area (Å²) in [5.74, 6) is 0.0938. The summed E-state index contributed by atoms with van der Waals surface area (Å²) in [5, 5.41) is 11.7. The summed E-state index contributed by atoms with van der Waals surface area (Å²) in [6.07, 6.45) is 3.65. The maximum absolute atomic E-state index is 12.8. The second-order valence-electron chi connectivity index (χ2n) is 9.10. The van der Waals surface area contributed by atoms with Crippen molar-refractivity contribution in [3.8, 4) is 0 Å². The molecule has 1 aromatic carbocycles. The monoisotopic (exact) mass is 479 g/mol. The summed E-state index contributed by atoms with van der Waals surface area (Å²) >= 11 is 0. The molecule has 0 aliphatic carbocycles. The van der Waals surface area contributed by atoms with Crippen LogP contribution < -0.4 is 4.90 Å². The third-order valence-corrected chi connectivity index (χ3v) is 6.51. The van der Waals surface area contributed by atoms with E-state index in [1.165, 1.54) is 12.1 Å². The summed E-state index contributed by atoms with van der Waals surface area (Å²) in [4.78, 5) is 38.7. The minimum Gasteiger partial charge on any atom is -0.467 e. The minimum atomic E-state index is -0.774. The SMILES string of the molecule is Cc1cc(C(=O)COC(=O)c2ccc(N3CCC[C@H](C)C3)c([N+](=O)[O-])c2)c(C)n1Cc1ccco1. The van der Waals surface area contributed by atoms with E-state index in [1.807, 2.05) is 29.4 Å². The van der Waals surface area contributed by atoms with E-state index in [2.05, 4.69) is 6.92 Å². The Morgan fingerprint density at radius 1 is 1.23 bits per heavy atom. The molecular weight excluding hydrogens is 450 g/mol. The van der Waals surface area contributed by atoms with Crippen molar-refractivity contribution in [3.05, 3.63) is 81.1 Å². The number of aromatic nitrogens is 1. The van der Waals surface area contributed by atoms with Crippen LogP contribution in [0.25, 0.3) is 0 Å². The number of furan rings is 1. The first-order valence-electron chi connectivity index (χ1n) is 11.7. The molecular formula is C26H29N3O6. The molecule has 0 bridgehead atoms. The van der Waals surface area contributed by atoms with Crippen LogP contribution in [0.5, 0.6) is 0 Å². The molecule has 1 aliphatic rings. The molecule has 1 fully saturated rings. The fourth-order valence-corrected chi connectivity index (χ4v) is 4.65. The van der Waals surface area contributed by atoms with E-state index in [4.69, 9.17) is 9.15 Å². The van der Waals surface area contributed by atoms with E-state index in [-0.39, 0.29) is 17.0 Å². The Morgan fingerprint density at radius 2 is 2.03 bits per heavy atom. The number of carbonyl (C=O) groups is 2. The Bertz CT molecular complexity index is 1240. The largest absolute Gasteiger partial charge is 0.467 e. The quantitative estimate of drug-likeness (QED) is 0.195. The van der Waals surface area contributed by atoms with Gasteiger partial charge in [-0.1, -0.05) is 6.92 Å². The molecule has 184 valence electrons. The van der Waals surface area contributed by atoms with E-state index in [9.17, 15) is 19.7 Å². The van der Waals surface area contributed by atoms with Crippen molar-refractivity contribution in [1.29, 1.82) is 0 Å². The van der Waals surface area contributed by atoms with E-state index < -0.39 is 17.5 Å². The molecule has 1 saturated heterocycles. The third-order valence-electron chi connectivity index (χ3n) is 6.51. The normalized spacial score (nSPS) is 15.7. The van der Waals surface area contributed by atoms with E-state index in [1.54, 1.807) is 24.5 Å². The summed E-state index contributed by atoms with van der Waals surface area (Å²) in [5.41, 5.74) is 2.49. The van der Waals surface area contributed by atoms with Crippen molar-refractivity contribution in [1.82, 2.24) is 4.57 Å². The number of nitrogens with zero attached hydrogens (tertiary/aromatic N) is 3. The lowest BCUT2D eigenvalue weighted by Crippen LogP contribution is -2.34. The molecule has 9 nitrogen and oxygen atoms in total. The minimum absolute atomic E-state index is 0.0431. The van der Waals surface area contributed by atoms with Gasteiger partial charge in [0, 0.05) is 36.1 Å². The molecule has 0 N–H and O–H groups in total. The summed E-state index contributed by atoms with van der Waals surface area (Å²) < 4.78 is 12.6. The first kappa shape index (κ1) is 24.3. The van der Waals surface area contributed by atoms with Gasteiger partial charge in [0.05, 0.1) is 23.3 Å². The van der Waals surface area contributed by atoms with Crippen LogP contribution in [0.15, 0.2) is 47.1 Å². The van der Waals surface area contributed by atoms with Crippen LogP contribution in [0.2, 0.25) is 0 Å². The first-order valence-corrected chi connectivity index (χ1v) is 11.7. The maximum Gasteiger partial charge on any atom is 0.338 e. The Morgan fingerprint density at radius 3 is 2.71 bits per heavy atom. The van der Waals surface area contributed by atoms with E-state index in [0.717, 1.165) is 43.1 Å². The number of nitro groups is 1. The van der Waals surface area contributed by atoms with Gasteiger partial charge in [-0.2, -0.15) is 0 Å². The summed E-state index contributed by atoms with van der Waals surface area (Å²) in [6.45, 7) is 7.35. The number of aryl methyl sites for hydroxylation is 1. The van der Waals surface area contributed by atoms with Crippen molar-refractivity contribution in [2.24, 2.45) is 5.92 Å². The van der Waals surface area contributed by atoms with E-state index >= 15 is 0 Å². The molecule has 1 aliphatic heterocycles. The Kier molecular flexibility index (Phi) is 7.04. The lowest BCUT2D eigenvalue weighted by Gasteiger charge is -2.32. The lowest BCUT2D eigenvalue weighted by atomic mass is 9.99. The lowest BCUT2D eigenvalue weighted by molar-refractivity contribution is -0.384. The molecule has 3 aromatic rings. The van der Waals surface area contributed by atoms with Crippen LogP contribution in [-0.4, -0.2) is 40.9 Å². The highest BCUT2D eigenvalue weighted by molar-refractivity contribution is 6.00. The van der Waals surface area contributed by atoms with Crippen LogP contribution in [0.3, 0.4) is 0 Å². The zero-order chi connectivity index (χ0) is 25.1. The average molecular weight is 480 g/mol. The topological polar surface area (TPSA) is 108 Å². The van der Waals surface area contributed by atoms with Gasteiger partial charge >= 0.3 is 5.97 Å². The first-order chi connectivity index (χ1) is 16.7. The van der Waals surface area contributed by atoms with Gasteiger partial charge in [-0.15, -0.1) is 0 Å². The Balaban J connectivity index is 1.45. The predicted octanol–water partition coefficient (Wildman–Crippen LogP) is 4.93. The van der Waals surface area contributed by atoms with Crippen LogP contribution in [-0.2, 0) is 11.3 Å². The standard InChI is InChI=1S/C26H29N3O6/c1-17-6-4-10-27(14-17)23-9-8-20(13-24(23)29(32)33)26(31)35-16-25(30)22-12-18(2)28(19(22)3)15-21-7-5-11-34-21/h5,7-9,11-13,17H,4,6,10,14-16H2,1-3H3/t17-/m0/s1. The second-order valence-corrected chi connectivity index (χ2v) is 9.10. The molecule has 9 heteroatoms. The van der Waals surface area contributed by atoms with Crippen LogP contribution in [0.1, 0.15) is 57.6 Å². The van der Waals surface area contributed by atoms with Gasteiger partial charge in [-0.05, 0) is 62.9 Å². The number of benzene rings is 1. The third kappa shape index (κ3) is 5.29. The van der Waals surface area contributed by atoms with Gasteiger partial charge in [0.2, 0.25) is 5.78 Å². The van der Waals surface area contributed by atoms with Crippen LogP contribution >= 0.6 is 0 Å². The number of rotatable bonds is 8. The number of hydrogen-bond donors (Lipinski definition) is 0. The molecule has 35 heavy (non-hydrogen) atoms. The fraction of sp³-hybridized carbons (Fsp3) is 0.385. The maximum atomic E-state index is 12.8. The number of Topliss-reactive ketones (excluding diaryl/α,β-unsaturated/α-hetero) is 1. The number of anilines is 1. The van der Waals surface area contributed by atoms with Crippen molar-refractivity contribution >= 4 is 23.1 Å². The smallest absolute Gasteiger partial charge is 0.338 e. The molecule has 0 amide bonds. The highest BCUT2D eigenvalue weighted by Gasteiger charge is 2.26. The van der Waals surface area contributed by atoms with Crippen molar-refractivity contribution < 1.29 is 23.7 Å². The van der Waals surface area contributed by atoms with Gasteiger partial charge in [0.1, 0.15) is 11.4 Å². The van der Waals surface area contributed by atoms with Gasteiger partial charge in [0.25, 0.3) is 5.69 Å². The number of piperidine rings is 1. The Labute approximate surface area is 203 Å². The summed E-state index contributed by atoms with van der Waals surface area (Å²) in [6, 6.07) is 9.77. The van der Waals surface area contributed by atoms with Gasteiger partial charge in [-0.3, -0.25) is 14.9 Å². The molecule has 0 unspecified atom stereocenters. The molecule has 0 saturated carbocycles. The number of esters is 1. The van der Waals surface area contributed by atoms with E-state index in [0.29, 0.717) is 23.7 Å². The van der Waals surface area contributed by atoms with Gasteiger partial charge < -0.3 is 18.6 Å². The number of hydrogen-bond acceptors (Lipinski definition) is 7. The molecule has 4 rings (SSSR count). The number of nitro benzene ring substituents is 1. The molecule has 2 aromatic heterocycles. The van der Waals surface area contributed by atoms with Crippen LogP contribution in [0, 0.1) is 29.9 Å². The van der Waals surface area contributed by atoms with Crippen molar-refractivity contribution in [2.45, 2.75) is 40.2 Å². The fourth-order valence-electron chi connectivity index (χ4n) is 4.65. The number of carbonyl (C=O) groups excluding carboxylic acids is 2. The highest BCUT2D eigenvalue weighted by Crippen LogP contribution is 2.32. The molecule has 0 spiro atoms. The molecule has 0 radical (unpaired) electrons. The number of ketones is 1. The van der Waals surface area contributed by atoms with Gasteiger partial charge in [0.15, 0.2) is 6.61 Å².